The molecule has 1 aromatic carbocycles. The zero-order chi connectivity index (χ0) is 14.7. The highest BCUT2D eigenvalue weighted by molar-refractivity contribution is 9.10. The highest BCUT2D eigenvalue weighted by Crippen LogP contribution is 2.20. The molecule has 5 nitrogen and oxygen atoms in total. The molecule has 20 heavy (non-hydrogen) atoms. The Balaban J connectivity index is 2.31. The quantitative estimate of drug-likeness (QED) is 0.936. The first kappa shape index (κ1) is 14.2. The molecule has 0 atom stereocenters. The number of carbonyl (C=O) groups is 2. The molecule has 0 aliphatic carbocycles. The molecule has 0 saturated carbocycles. The van der Waals surface area contributed by atoms with Gasteiger partial charge in [-0.2, -0.15) is 0 Å². The van der Waals surface area contributed by atoms with Crippen molar-refractivity contribution in [2.75, 3.05) is 11.9 Å². The number of hydrogen-bond acceptors (Lipinski definition) is 3. The molecule has 0 fully saturated rings. The summed E-state index contributed by atoms with van der Waals surface area (Å²) in [6.07, 6.45) is 0. The number of carboxylic acids is 1. The topological polar surface area (TPSA) is 70.5 Å². The van der Waals surface area contributed by atoms with Crippen LogP contribution in [0.1, 0.15) is 21.0 Å². The summed E-state index contributed by atoms with van der Waals surface area (Å²) in [7, 11) is 1.61. The molecule has 0 unspecified atom stereocenters. The summed E-state index contributed by atoms with van der Waals surface area (Å²) in [5.74, 6) is -1.53. The van der Waals surface area contributed by atoms with Crippen molar-refractivity contribution in [2.45, 2.75) is 0 Å². The fraction of sp³-hybridized carbons (Fsp3) is 0.0714. The molecule has 0 spiro atoms. The zero-order valence-electron chi connectivity index (χ0n) is 10.6. The summed E-state index contributed by atoms with van der Waals surface area (Å²) in [6.45, 7) is 0. The Labute approximate surface area is 124 Å². The van der Waals surface area contributed by atoms with E-state index in [-0.39, 0.29) is 17.3 Å². The number of hydrogen-bond donors (Lipinski definition) is 1. The molecule has 0 aliphatic heterocycles. The van der Waals surface area contributed by atoms with Gasteiger partial charge in [0.2, 0.25) is 0 Å². The molecule has 1 N–H and O–H groups in total. The van der Waals surface area contributed by atoms with Crippen LogP contribution in [0.15, 0.2) is 46.9 Å². The number of amides is 1. The molecule has 0 radical (unpaired) electrons. The van der Waals surface area contributed by atoms with Gasteiger partial charge in [-0.15, -0.1) is 0 Å². The summed E-state index contributed by atoms with van der Waals surface area (Å²) in [4.78, 5) is 28.4. The van der Waals surface area contributed by atoms with Gasteiger partial charge >= 0.3 is 5.97 Å². The number of halogens is 1. The highest BCUT2D eigenvalue weighted by Gasteiger charge is 2.16. The van der Waals surface area contributed by atoms with E-state index in [0.29, 0.717) is 5.69 Å². The van der Waals surface area contributed by atoms with E-state index in [1.807, 2.05) is 12.1 Å². The number of aromatic nitrogens is 1. The molecular formula is C14H11BrN2O3. The third-order valence-electron chi connectivity index (χ3n) is 2.69. The average molecular weight is 335 g/mol. The van der Waals surface area contributed by atoms with Crippen molar-refractivity contribution >= 4 is 33.5 Å². The van der Waals surface area contributed by atoms with Crippen LogP contribution in [0.2, 0.25) is 0 Å². The first-order chi connectivity index (χ1) is 9.49. The average Bonchev–Trinajstić information content (AvgIpc) is 2.45. The van der Waals surface area contributed by atoms with Gasteiger partial charge in [0.1, 0.15) is 11.4 Å². The number of pyridine rings is 1. The Kier molecular flexibility index (Phi) is 4.14. The van der Waals surface area contributed by atoms with Crippen LogP contribution >= 0.6 is 15.9 Å². The third kappa shape index (κ3) is 3.03. The number of carbonyl (C=O) groups excluding carboxylic acids is 1. The first-order valence-corrected chi connectivity index (χ1v) is 6.52. The molecule has 102 valence electrons. The van der Waals surface area contributed by atoms with Crippen molar-refractivity contribution < 1.29 is 14.7 Å². The van der Waals surface area contributed by atoms with Crippen LogP contribution in [-0.4, -0.2) is 29.0 Å². The predicted octanol–water partition coefficient (Wildman–Crippen LogP) is 2.82. The number of aromatic carboxylic acids is 1. The van der Waals surface area contributed by atoms with Gasteiger partial charge in [0.25, 0.3) is 5.91 Å². The van der Waals surface area contributed by atoms with Crippen LogP contribution in [-0.2, 0) is 0 Å². The second-order valence-corrected chi connectivity index (χ2v) is 4.97. The molecular weight excluding hydrogens is 324 g/mol. The molecule has 0 aliphatic rings. The minimum atomic E-state index is -1.16. The fourth-order valence-electron chi connectivity index (χ4n) is 1.65. The lowest BCUT2D eigenvalue weighted by molar-refractivity contribution is 0.0690. The van der Waals surface area contributed by atoms with Crippen LogP contribution in [0.3, 0.4) is 0 Å². The first-order valence-electron chi connectivity index (χ1n) is 5.73. The van der Waals surface area contributed by atoms with E-state index in [4.69, 9.17) is 5.11 Å². The Morgan fingerprint density at radius 3 is 2.45 bits per heavy atom. The zero-order valence-corrected chi connectivity index (χ0v) is 12.2. The maximum absolute atomic E-state index is 12.3. The van der Waals surface area contributed by atoms with E-state index in [9.17, 15) is 9.59 Å². The van der Waals surface area contributed by atoms with E-state index in [0.717, 1.165) is 4.47 Å². The minimum Gasteiger partial charge on any atom is -0.477 e. The van der Waals surface area contributed by atoms with Crippen LogP contribution in [0, 0.1) is 0 Å². The molecule has 0 bridgehead atoms. The van der Waals surface area contributed by atoms with Crippen molar-refractivity contribution in [1.82, 2.24) is 4.98 Å². The molecule has 0 saturated heterocycles. The second kappa shape index (κ2) is 5.83. The Morgan fingerprint density at radius 1 is 1.15 bits per heavy atom. The van der Waals surface area contributed by atoms with Crippen molar-refractivity contribution in [3.63, 3.8) is 0 Å². The third-order valence-corrected chi connectivity index (χ3v) is 3.18. The molecule has 2 rings (SSSR count). The second-order valence-electron chi connectivity index (χ2n) is 4.06. The number of carboxylic acid groups (broad SMARTS) is 1. The summed E-state index contributed by atoms with van der Waals surface area (Å²) in [5.41, 5.74) is 0.623. The number of nitrogens with zero attached hydrogens (tertiary/aromatic N) is 2. The van der Waals surface area contributed by atoms with Gasteiger partial charge in [-0.05, 0) is 30.3 Å². The minimum absolute atomic E-state index is 0.0902. The van der Waals surface area contributed by atoms with Crippen molar-refractivity contribution in [3.05, 3.63) is 58.3 Å². The molecule has 6 heteroatoms. The van der Waals surface area contributed by atoms with Crippen LogP contribution in [0.5, 0.6) is 0 Å². The standard InChI is InChI=1S/C14H11BrN2O3/c1-17(10-5-2-4-9(15)8-10)13(18)11-6-3-7-12(16-11)14(19)20/h2-8H,1H3,(H,19,20). The summed E-state index contributed by atoms with van der Waals surface area (Å²) >= 11 is 3.34. The van der Waals surface area contributed by atoms with Gasteiger partial charge < -0.3 is 10.0 Å². The lowest BCUT2D eigenvalue weighted by atomic mass is 10.2. The Bertz CT molecular complexity index is 673. The van der Waals surface area contributed by atoms with Gasteiger partial charge in [0.05, 0.1) is 0 Å². The van der Waals surface area contributed by atoms with Gasteiger partial charge in [0, 0.05) is 17.2 Å². The van der Waals surface area contributed by atoms with Gasteiger partial charge in [-0.25, -0.2) is 9.78 Å². The predicted molar refractivity (Wildman–Crippen MR) is 78.1 cm³/mol. The molecule has 1 amide bonds. The Morgan fingerprint density at radius 2 is 1.80 bits per heavy atom. The largest absolute Gasteiger partial charge is 0.477 e. The number of anilines is 1. The molecule has 1 heterocycles. The normalized spacial score (nSPS) is 10.1. The van der Waals surface area contributed by atoms with Crippen molar-refractivity contribution in [3.8, 4) is 0 Å². The number of benzene rings is 1. The maximum atomic E-state index is 12.3. The Hall–Kier alpha value is -2.21. The molecule has 1 aromatic heterocycles. The van der Waals surface area contributed by atoms with Crippen LogP contribution < -0.4 is 4.90 Å². The van der Waals surface area contributed by atoms with Crippen LogP contribution in [0.25, 0.3) is 0 Å². The monoisotopic (exact) mass is 334 g/mol. The fourth-order valence-corrected chi connectivity index (χ4v) is 2.03. The van der Waals surface area contributed by atoms with Gasteiger partial charge in [0.15, 0.2) is 0 Å². The summed E-state index contributed by atoms with van der Waals surface area (Å²) in [5, 5.41) is 8.89. The van der Waals surface area contributed by atoms with Gasteiger partial charge in [-0.1, -0.05) is 28.1 Å². The summed E-state index contributed by atoms with van der Waals surface area (Å²) < 4.78 is 0.849. The highest BCUT2D eigenvalue weighted by atomic mass is 79.9. The summed E-state index contributed by atoms with van der Waals surface area (Å²) in [6, 6.07) is 11.6. The SMILES string of the molecule is CN(C(=O)c1cccc(C(=O)O)n1)c1cccc(Br)c1. The lowest BCUT2D eigenvalue weighted by Crippen LogP contribution is -2.27. The smallest absolute Gasteiger partial charge is 0.354 e. The van der Waals surface area contributed by atoms with Crippen LogP contribution in [0.4, 0.5) is 5.69 Å². The molecule has 2 aromatic rings. The van der Waals surface area contributed by atoms with Gasteiger partial charge in [-0.3, -0.25) is 4.79 Å². The maximum Gasteiger partial charge on any atom is 0.354 e. The lowest BCUT2D eigenvalue weighted by Gasteiger charge is -2.17. The van der Waals surface area contributed by atoms with E-state index < -0.39 is 5.97 Å². The number of rotatable bonds is 3. The van der Waals surface area contributed by atoms with Crippen molar-refractivity contribution in [1.29, 1.82) is 0 Å². The van der Waals surface area contributed by atoms with Crippen molar-refractivity contribution in [2.24, 2.45) is 0 Å². The van der Waals surface area contributed by atoms with E-state index in [1.165, 1.54) is 23.1 Å². The van der Waals surface area contributed by atoms with E-state index in [1.54, 1.807) is 19.2 Å². The van der Waals surface area contributed by atoms with E-state index >= 15 is 0 Å². The van der Waals surface area contributed by atoms with E-state index in [2.05, 4.69) is 20.9 Å².